The van der Waals surface area contributed by atoms with Gasteiger partial charge in [-0.25, -0.2) is 0 Å². The van der Waals surface area contributed by atoms with Gasteiger partial charge in [-0.2, -0.15) is 0 Å². The number of esters is 1. The Labute approximate surface area is 167 Å². The molecular weight excluding hydrogens is 397 g/mol. The molecule has 0 saturated heterocycles. The maximum atomic E-state index is 12.8. The van der Waals surface area contributed by atoms with Gasteiger partial charge < -0.3 is 10.1 Å². The standard InChI is InChI=1S/C19H20Cl3NO3/c20-13-1-2-14(21)15(4-13)23-16(24)9-26-17(25)18-5-11-3-12(6-18)8-19(22,7-11)10-18/h1-2,4,11-12H,3,5-10H2,(H,23,24)/t11-,12+,18?,19?. The number of anilines is 1. The molecule has 0 spiro atoms. The van der Waals surface area contributed by atoms with Crippen LogP contribution in [-0.4, -0.2) is 23.4 Å². The number of alkyl halides is 1. The minimum Gasteiger partial charge on any atom is -0.455 e. The molecule has 4 aliphatic rings. The normalized spacial score (nSPS) is 34.6. The summed E-state index contributed by atoms with van der Waals surface area (Å²) in [5, 5.41) is 3.46. The van der Waals surface area contributed by atoms with Gasteiger partial charge in [0.1, 0.15) is 0 Å². The zero-order chi connectivity index (χ0) is 18.5. The molecule has 4 saturated carbocycles. The summed E-state index contributed by atoms with van der Waals surface area (Å²) >= 11 is 18.7. The summed E-state index contributed by atoms with van der Waals surface area (Å²) in [5.74, 6) is 0.276. The predicted octanol–water partition coefficient (Wildman–Crippen LogP) is 5.05. The maximum Gasteiger partial charge on any atom is 0.312 e. The van der Waals surface area contributed by atoms with E-state index in [1.165, 1.54) is 0 Å². The Hall–Kier alpha value is -0.970. The summed E-state index contributed by atoms with van der Waals surface area (Å²) in [6.45, 7) is -0.339. The fraction of sp³-hybridized carbons (Fsp3) is 0.579. The van der Waals surface area contributed by atoms with Gasteiger partial charge in [-0.15, -0.1) is 11.6 Å². The van der Waals surface area contributed by atoms with Gasteiger partial charge >= 0.3 is 5.97 Å². The molecule has 5 rings (SSSR count). The fourth-order valence-corrected chi connectivity index (χ4v) is 6.48. The van der Waals surface area contributed by atoms with E-state index in [0.717, 1.165) is 32.1 Å². The SMILES string of the molecule is O=C(COC(=O)C12C[C@@H]3C[C@@H](CC(Cl)(C3)C1)C2)Nc1cc(Cl)ccc1Cl. The largest absolute Gasteiger partial charge is 0.455 e. The monoisotopic (exact) mass is 415 g/mol. The molecular formula is C19H20Cl3NO3. The number of nitrogens with one attached hydrogen (secondary N) is 1. The van der Waals surface area contributed by atoms with E-state index in [4.69, 9.17) is 39.5 Å². The van der Waals surface area contributed by atoms with Crippen LogP contribution in [0.25, 0.3) is 0 Å². The van der Waals surface area contributed by atoms with Crippen LogP contribution >= 0.6 is 34.8 Å². The van der Waals surface area contributed by atoms with Crippen molar-refractivity contribution in [2.45, 2.75) is 43.4 Å². The van der Waals surface area contributed by atoms with Gasteiger partial charge in [0.2, 0.25) is 0 Å². The first-order valence-corrected chi connectivity index (χ1v) is 10.0. The molecule has 7 heteroatoms. The summed E-state index contributed by atoms with van der Waals surface area (Å²) in [4.78, 5) is 24.7. The van der Waals surface area contributed by atoms with Gasteiger partial charge in [-0.05, 0) is 68.6 Å². The number of carbonyl (C=O) groups is 2. The second-order valence-corrected chi connectivity index (χ2v) is 9.79. The maximum absolute atomic E-state index is 12.8. The number of rotatable bonds is 4. The second kappa shape index (κ2) is 6.57. The Kier molecular flexibility index (Phi) is 4.65. The van der Waals surface area contributed by atoms with E-state index in [1.807, 2.05) is 0 Å². The average Bonchev–Trinajstić information content (AvgIpc) is 2.53. The Morgan fingerprint density at radius 2 is 1.85 bits per heavy atom. The van der Waals surface area contributed by atoms with Crippen LogP contribution in [0, 0.1) is 17.3 Å². The molecule has 0 aromatic heterocycles. The summed E-state index contributed by atoms with van der Waals surface area (Å²) in [7, 11) is 0. The third kappa shape index (κ3) is 3.44. The number of ether oxygens (including phenoxy) is 1. The molecule has 4 aliphatic carbocycles. The lowest BCUT2D eigenvalue weighted by molar-refractivity contribution is -0.171. The number of hydrogen-bond acceptors (Lipinski definition) is 3. The van der Waals surface area contributed by atoms with Crippen LogP contribution in [0.5, 0.6) is 0 Å². The molecule has 0 aliphatic heterocycles. The van der Waals surface area contributed by atoms with Crippen molar-refractivity contribution in [3.8, 4) is 0 Å². The molecule has 1 aromatic carbocycles. The topological polar surface area (TPSA) is 55.4 Å². The molecule has 0 heterocycles. The molecule has 1 amide bonds. The third-order valence-electron chi connectivity index (χ3n) is 5.96. The smallest absolute Gasteiger partial charge is 0.312 e. The number of amides is 1. The molecule has 1 aromatic rings. The van der Waals surface area contributed by atoms with Crippen LogP contribution in [0.15, 0.2) is 18.2 Å². The number of hydrogen-bond donors (Lipinski definition) is 1. The van der Waals surface area contributed by atoms with Crippen molar-refractivity contribution >= 4 is 52.4 Å². The molecule has 26 heavy (non-hydrogen) atoms. The van der Waals surface area contributed by atoms with Crippen LogP contribution in [0.3, 0.4) is 0 Å². The fourth-order valence-electron chi connectivity index (χ4n) is 5.45. The van der Waals surface area contributed by atoms with Gasteiger partial charge in [0.25, 0.3) is 5.91 Å². The van der Waals surface area contributed by atoms with Gasteiger partial charge in [-0.3, -0.25) is 9.59 Å². The first-order valence-electron chi connectivity index (χ1n) is 8.88. The lowest BCUT2D eigenvalue weighted by Crippen LogP contribution is -2.56. The van der Waals surface area contributed by atoms with Crippen molar-refractivity contribution in [1.82, 2.24) is 0 Å². The van der Waals surface area contributed by atoms with Crippen LogP contribution in [0.4, 0.5) is 5.69 Å². The van der Waals surface area contributed by atoms with Gasteiger partial charge in [-0.1, -0.05) is 23.2 Å². The van der Waals surface area contributed by atoms with E-state index in [-0.39, 0.29) is 17.5 Å². The summed E-state index contributed by atoms with van der Waals surface area (Å²) < 4.78 is 5.39. The van der Waals surface area contributed by atoms with Crippen LogP contribution < -0.4 is 5.32 Å². The van der Waals surface area contributed by atoms with E-state index >= 15 is 0 Å². The van der Waals surface area contributed by atoms with Gasteiger partial charge in [0, 0.05) is 9.90 Å². The summed E-state index contributed by atoms with van der Waals surface area (Å²) in [5.41, 5.74) is -0.116. The van der Waals surface area contributed by atoms with E-state index in [2.05, 4.69) is 5.32 Å². The highest BCUT2D eigenvalue weighted by molar-refractivity contribution is 6.35. The lowest BCUT2D eigenvalue weighted by Gasteiger charge is -2.58. The minimum absolute atomic E-state index is 0.264. The first-order chi connectivity index (χ1) is 12.3. The van der Waals surface area contributed by atoms with Gasteiger partial charge in [0.15, 0.2) is 6.61 Å². The van der Waals surface area contributed by atoms with E-state index in [9.17, 15) is 9.59 Å². The molecule has 4 fully saturated rings. The number of benzene rings is 1. The van der Waals surface area contributed by atoms with E-state index in [0.29, 0.717) is 34.0 Å². The molecule has 4 bridgehead atoms. The Balaban J connectivity index is 1.38. The van der Waals surface area contributed by atoms with Gasteiger partial charge in [0.05, 0.1) is 16.1 Å². The minimum atomic E-state index is -0.514. The number of halogens is 3. The lowest BCUT2D eigenvalue weighted by atomic mass is 9.49. The molecule has 1 N–H and O–H groups in total. The van der Waals surface area contributed by atoms with Crippen molar-refractivity contribution in [3.05, 3.63) is 28.2 Å². The summed E-state index contributed by atoms with van der Waals surface area (Å²) in [6.07, 6.45) is 5.48. The van der Waals surface area contributed by atoms with E-state index in [1.54, 1.807) is 18.2 Å². The van der Waals surface area contributed by atoms with Crippen molar-refractivity contribution in [2.24, 2.45) is 17.3 Å². The molecule has 4 atom stereocenters. The first kappa shape index (κ1) is 18.4. The molecule has 140 valence electrons. The van der Waals surface area contributed by atoms with Crippen molar-refractivity contribution in [2.75, 3.05) is 11.9 Å². The number of carbonyl (C=O) groups excluding carboxylic acids is 2. The van der Waals surface area contributed by atoms with Crippen molar-refractivity contribution < 1.29 is 14.3 Å². The Bertz CT molecular complexity index is 752. The predicted molar refractivity (Wildman–Crippen MR) is 102 cm³/mol. The zero-order valence-electron chi connectivity index (χ0n) is 14.2. The second-order valence-electron chi connectivity index (χ2n) is 8.14. The van der Waals surface area contributed by atoms with E-state index < -0.39 is 11.3 Å². The highest BCUT2D eigenvalue weighted by atomic mass is 35.5. The average molecular weight is 417 g/mol. The highest BCUT2D eigenvalue weighted by Gasteiger charge is 2.60. The van der Waals surface area contributed by atoms with Crippen LogP contribution in [-0.2, 0) is 14.3 Å². The third-order valence-corrected chi connectivity index (χ3v) is 6.97. The molecule has 4 nitrogen and oxygen atoms in total. The quantitative estimate of drug-likeness (QED) is 0.552. The summed E-state index contributed by atoms with van der Waals surface area (Å²) in [6, 6.07) is 4.79. The zero-order valence-corrected chi connectivity index (χ0v) is 16.5. The van der Waals surface area contributed by atoms with Crippen molar-refractivity contribution in [3.63, 3.8) is 0 Å². The van der Waals surface area contributed by atoms with Crippen LogP contribution in [0.2, 0.25) is 10.0 Å². The highest BCUT2D eigenvalue weighted by Crippen LogP contribution is 2.64. The van der Waals surface area contributed by atoms with Crippen molar-refractivity contribution in [1.29, 1.82) is 0 Å². The Morgan fingerprint density at radius 1 is 1.15 bits per heavy atom. The molecule has 2 unspecified atom stereocenters. The molecule has 0 radical (unpaired) electrons. The van der Waals surface area contributed by atoms with Crippen LogP contribution in [0.1, 0.15) is 38.5 Å². The Morgan fingerprint density at radius 3 is 2.50 bits per heavy atom.